The van der Waals surface area contributed by atoms with Crippen molar-refractivity contribution in [1.29, 1.82) is 0 Å². The first-order valence-corrected chi connectivity index (χ1v) is 10.1. The van der Waals surface area contributed by atoms with Crippen molar-refractivity contribution in [3.8, 4) is 11.1 Å². The van der Waals surface area contributed by atoms with E-state index in [4.69, 9.17) is 14.2 Å². The van der Waals surface area contributed by atoms with Crippen LogP contribution in [0.1, 0.15) is 37.8 Å². The number of benzene rings is 2. The van der Waals surface area contributed by atoms with E-state index in [1.54, 1.807) is 20.8 Å². The number of carbonyl (C=O) groups is 3. The number of esters is 2. The molecule has 0 spiro atoms. The van der Waals surface area contributed by atoms with Gasteiger partial charge in [-0.2, -0.15) is 0 Å². The molecule has 0 atom stereocenters. The van der Waals surface area contributed by atoms with Crippen LogP contribution in [0, 0.1) is 0 Å². The standard InChI is InChI=1S/C24H27NO6/c1-24(2,3)31-22(27)15-29-21(26)13-25(4)23(28)30-14-20-18-11-7-5-9-16(18)17-10-6-8-12-19(17)20/h5-12,20H,13-15H2,1-4H3. The molecule has 0 aromatic heterocycles. The van der Waals surface area contributed by atoms with E-state index in [0.29, 0.717) is 0 Å². The van der Waals surface area contributed by atoms with Crippen LogP contribution < -0.4 is 0 Å². The van der Waals surface area contributed by atoms with E-state index in [1.165, 1.54) is 7.05 Å². The lowest BCUT2D eigenvalue weighted by Gasteiger charge is -2.20. The van der Waals surface area contributed by atoms with Gasteiger partial charge in [-0.05, 0) is 43.0 Å². The third-order valence-corrected chi connectivity index (χ3v) is 4.79. The molecule has 2 aromatic rings. The van der Waals surface area contributed by atoms with Crippen LogP contribution in [0.4, 0.5) is 4.79 Å². The lowest BCUT2D eigenvalue weighted by Crippen LogP contribution is -2.35. The van der Waals surface area contributed by atoms with Gasteiger partial charge in [0, 0.05) is 13.0 Å². The largest absolute Gasteiger partial charge is 0.457 e. The van der Waals surface area contributed by atoms with Gasteiger partial charge < -0.3 is 19.1 Å². The predicted molar refractivity (Wildman–Crippen MR) is 115 cm³/mol. The van der Waals surface area contributed by atoms with E-state index in [-0.39, 0.29) is 19.1 Å². The van der Waals surface area contributed by atoms with Crippen molar-refractivity contribution in [2.24, 2.45) is 0 Å². The number of ether oxygens (including phenoxy) is 3. The molecular formula is C24H27NO6. The summed E-state index contributed by atoms with van der Waals surface area (Å²) >= 11 is 0. The number of carbonyl (C=O) groups excluding carboxylic acids is 3. The smallest absolute Gasteiger partial charge is 0.410 e. The average Bonchev–Trinajstić information content (AvgIpc) is 3.03. The van der Waals surface area contributed by atoms with Gasteiger partial charge in [0.15, 0.2) is 6.61 Å². The lowest BCUT2D eigenvalue weighted by atomic mass is 9.98. The van der Waals surface area contributed by atoms with Gasteiger partial charge in [0.1, 0.15) is 18.8 Å². The van der Waals surface area contributed by atoms with Crippen molar-refractivity contribution in [2.75, 3.05) is 26.8 Å². The molecule has 0 heterocycles. The highest BCUT2D eigenvalue weighted by Gasteiger charge is 2.29. The zero-order chi connectivity index (χ0) is 22.6. The molecule has 0 bridgehead atoms. The molecule has 1 amide bonds. The highest BCUT2D eigenvalue weighted by molar-refractivity contribution is 5.81. The molecule has 7 heteroatoms. The second-order valence-corrected chi connectivity index (χ2v) is 8.41. The highest BCUT2D eigenvalue weighted by atomic mass is 16.6. The van der Waals surface area contributed by atoms with Crippen molar-refractivity contribution in [3.05, 3.63) is 59.7 Å². The van der Waals surface area contributed by atoms with Crippen LogP contribution in [-0.2, 0) is 23.8 Å². The average molecular weight is 425 g/mol. The van der Waals surface area contributed by atoms with Gasteiger partial charge in [-0.3, -0.25) is 4.79 Å². The number of rotatable bonds is 6. The number of fused-ring (bicyclic) bond motifs is 3. The van der Waals surface area contributed by atoms with Crippen molar-refractivity contribution in [1.82, 2.24) is 4.90 Å². The maximum Gasteiger partial charge on any atom is 0.410 e. The molecule has 0 radical (unpaired) electrons. The maximum absolute atomic E-state index is 12.4. The van der Waals surface area contributed by atoms with E-state index in [9.17, 15) is 14.4 Å². The zero-order valence-corrected chi connectivity index (χ0v) is 18.2. The van der Waals surface area contributed by atoms with Gasteiger partial charge in [-0.1, -0.05) is 48.5 Å². The fourth-order valence-electron chi connectivity index (χ4n) is 3.52. The molecule has 0 saturated carbocycles. The molecule has 1 aliphatic rings. The first-order chi connectivity index (χ1) is 14.7. The Morgan fingerprint density at radius 1 is 0.871 bits per heavy atom. The Morgan fingerprint density at radius 2 is 1.42 bits per heavy atom. The van der Waals surface area contributed by atoms with Gasteiger partial charge in [0.2, 0.25) is 0 Å². The van der Waals surface area contributed by atoms with Crippen molar-refractivity contribution < 1.29 is 28.6 Å². The minimum atomic E-state index is -0.720. The van der Waals surface area contributed by atoms with Crippen LogP contribution in [0.15, 0.2) is 48.5 Å². The summed E-state index contributed by atoms with van der Waals surface area (Å²) in [6, 6.07) is 16.1. The fraction of sp³-hybridized carbons (Fsp3) is 0.375. The molecule has 31 heavy (non-hydrogen) atoms. The molecule has 0 saturated heterocycles. The summed E-state index contributed by atoms with van der Waals surface area (Å²) in [5.74, 6) is -1.43. The molecule has 2 aromatic carbocycles. The molecule has 0 unspecified atom stereocenters. The summed E-state index contributed by atoms with van der Waals surface area (Å²) in [5.41, 5.74) is 3.82. The Kier molecular flexibility index (Phi) is 6.63. The SMILES string of the molecule is CN(CC(=O)OCC(=O)OC(C)(C)C)C(=O)OCC1c2ccccc2-c2ccccc21. The van der Waals surface area contributed by atoms with Gasteiger partial charge in [-0.15, -0.1) is 0 Å². The van der Waals surface area contributed by atoms with Crippen LogP contribution in [0.2, 0.25) is 0 Å². The van der Waals surface area contributed by atoms with Crippen molar-refractivity contribution >= 4 is 18.0 Å². The normalized spacial score (nSPS) is 12.5. The quantitative estimate of drug-likeness (QED) is 0.518. The molecule has 0 N–H and O–H groups in total. The summed E-state index contributed by atoms with van der Waals surface area (Å²) in [4.78, 5) is 37.1. The first-order valence-electron chi connectivity index (χ1n) is 10.1. The number of likely N-dealkylation sites (N-methyl/N-ethyl adjacent to an activating group) is 1. The second kappa shape index (κ2) is 9.20. The number of hydrogen-bond donors (Lipinski definition) is 0. The van der Waals surface area contributed by atoms with Crippen molar-refractivity contribution in [2.45, 2.75) is 32.3 Å². The van der Waals surface area contributed by atoms with Crippen LogP contribution in [0.5, 0.6) is 0 Å². The third-order valence-electron chi connectivity index (χ3n) is 4.79. The van der Waals surface area contributed by atoms with Crippen LogP contribution in [0.25, 0.3) is 11.1 Å². The van der Waals surface area contributed by atoms with Crippen LogP contribution in [0.3, 0.4) is 0 Å². The Hall–Kier alpha value is -3.35. The second-order valence-electron chi connectivity index (χ2n) is 8.41. The van der Waals surface area contributed by atoms with Gasteiger partial charge in [-0.25, -0.2) is 9.59 Å². The van der Waals surface area contributed by atoms with Gasteiger partial charge in [0.05, 0.1) is 0 Å². The first kappa shape index (κ1) is 22.3. The molecule has 1 aliphatic carbocycles. The van der Waals surface area contributed by atoms with E-state index in [2.05, 4.69) is 12.1 Å². The highest BCUT2D eigenvalue weighted by Crippen LogP contribution is 2.44. The predicted octanol–water partition coefficient (Wildman–Crippen LogP) is 3.75. The van der Waals surface area contributed by atoms with Crippen molar-refractivity contribution in [3.63, 3.8) is 0 Å². The third kappa shape index (κ3) is 5.63. The molecule has 7 nitrogen and oxygen atoms in total. The van der Waals surface area contributed by atoms with E-state index in [0.717, 1.165) is 27.2 Å². The van der Waals surface area contributed by atoms with Crippen LogP contribution in [-0.4, -0.2) is 55.3 Å². The lowest BCUT2D eigenvalue weighted by molar-refractivity contribution is -0.166. The summed E-state index contributed by atoms with van der Waals surface area (Å²) in [6.07, 6.45) is -0.643. The fourth-order valence-corrected chi connectivity index (χ4v) is 3.52. The molecular weight excluding hydrogens is 398 g/mol. The Bertz CT molecular complexity index is 933. The minimum Gasteiger partial charge on any atom is -0.457 e. The van der Waals surface area contributed by atoms with Gasteiger partial charge >= 0.3 is 18.0 Å². The van der Waals surface area contributed by atoms with E-state index >= 15 is 0 Å². The number of hydrogen-bond acceptors (Lipinski definition) is 6. The van der Waals surface area contributed by atoms with Gasteiger partial charge in [0.25, 0.3) is 0 Å². The summed E-state index contributed by atoms with van der Waals surface area (Å²) in [6.45, 7) is 4.48. The monoisotopic (exact) mass is 425 g/mol. The van der Waals surface area contributed by atoms with E-state index < -0.39 is 30.2 Å². The Balaban J connectivity index is 1.52. The summed E-state index contributed by atoms with van der Waals surface area (Å²) < 4.78 is 15.4. The van der Waals surface area contributed by atoms with E-state index in [1.807, 2.05) is 36.4 Å². The maximum atomic E-state index is 12.4. The molecule has 0 fully saturated rings. The number of nitrogens with zero attached hydrogens (tertiary/aromatic N) is 1. The molecule has 0 aliphatic heterocycles. The Morgan fingerprint density at radius 3 is 1.97 bits per heavy atom. The van der Waals surface area contributed by atoms with Crippen LogP contribution >= 0.6 is 0 Å². The zero-order valence-electron chi connectivity index (χ0n) is 18.2. The summed E-state index contributed by atoms with van der Waals surface area (Å²) in [7, 11) is 1.44. The Labute approximate surface area is 181 Å². The molecule has 3 rings (SSSR count). The topological polar surface area (TPSA) is 82.1 Å². The summed E-state index contributed by atoms with van der Waals surface area (Å²) in [5, 5.41) is 0. The number of amides is 1. The molecule has 164 valence electrons. The minimum absolute atomic E-state index is 0.0659.